The first-order chi connectivity index (χ1) is 7.20. The fraction of sp³-hybridized carbons (Fsp3) is 0.667. The molecular formula is C12H20N2S. The zero-order valence-corrected chi connectivity index (χ0v) is 10.4. The van der Waals surface area contributed by atoms with Crippen molar-refractivity contribution in [3.05, 3.63) is 21.4 Å². The van der Waals surface area contributed by atoms with Gasteiger partial charge in [0.2, 0.25) is 0 Å². The Morgan fingerprint density at radius 3 is 3.13 bits per heavy atom. The predicted octanol–water partition coefficient (Wildman–Crippen LogP) is 2.19. The molecule has 1 atom stereocenters. The molecule has 1 aliphatic rings. The second-order valence-electron chi connectivity index (χ2n) is 4.56. The lowest BCUT2D eigenvalue weighted by Crippen LogP contribution is -2.25. The third-order valence-corrected chi connectivity index (χ3v) is 4.63. The lowest BCUT2D eigenvalue weighted by molar-refractivity contribution is 0.315. The van der Waals surface area contributed by atoms with Gasteiger partial charge in [-0.25, -0.2) is 0 Å². The highest BCUT2D eigenvalue weighted by Gasteiger charge is 2.18. The Bertz CT molecular complexity index is 332. The van der Waals surface area contributed by atoms with Crippen molar-refractivity contribution in [1.82, 2.24) is 4.90 Å². The molecule has 0 fully saturated rings. The summed E-state index contributed by atoms with van der Waals surface area (Å²) in [7, 11) is 2.20. The van der Waals surface area contributed by atoms with Crippen LogP contribution >= 0.6 is 11.3 Å². The standard InChI is InChI=1S/C12H20N2S/c1-9(3-5-13)12-7-10-8-14(2)6-4-11(10)15-12/h7,9H,3-6,8,13H2,1-2H3. The molecule has 0 radical (unpaired) electrons. The van der Waals surface area contributed by atoms with E-state index in [0.717, 1.165) is 19.5 Å². The van der Waals surface area contributed by atoms with Crippen LogP contribution in [0.5, 0.6) is 0 Å². The van der Waals surface area contributed by atoms with Gasteiger partial charge in [0.25, 0.3) is 0 Å². The Labute approximate surface area is 96.1 Å². The van der Waals surface area contributed by atoms with E-state index in [1.54, 1.807) is 10.4 Å². The predicted molar refractivity (Wildman–Crippen MR) is 66.4 cm³/mol. The van der Waals surface area contributed by atoms with Crippen LogP contribution < -0.4 is 5.73 Å². The van der Waals surface area contributed by atoms with E-state index in [-0.39, 0.29) is 0 Å². The smallest absolute Gasteiger partial charge is 0.0241 e. The van der Waals surface area contributed by atoms with Crippen molar-refractivity contribution in [1.29, 1.82) is 0 Å². The van der Waals surface area contributed by atoms with E-state index < -0.39 is 0 Å². The summed E-state index contributed by atoms with van der Waals surface area (Å²) in [5.74, 6) is 0.635. The molecule has 2 rings (SSSR count). The van der Waals surface area contributed by atoms with Crippen molar-refractivity contribution < 1.29 is 0 Å². The van der Waals surface area contributed by atoms with E-state index in [1.165, 1.54) is 17.8 Å². The van der Waals surface area contributed by atoms with Crippen LogP contribution in [0.4, 0.5) is 0 Å². The van der Waals surface area contributed by atoms with Gasteiger partial charge in [0.15, 0.2) is 0 Å². The van der Waals surface area contributed by atoms with Crippen LogP contribution in [0.25, 0.3) is 0 Å². The summed E-state index contributed by atoms with van der Waals surface area (Å²) in [4.78, 5) is 5.53. The van der Waals surface area contributed by atoms with E-state index >= 15 is 0 Å². The lowest BCUT2D eigenvalue weighted by Gasteiger charge is -2.21. The van der Waals surface area contributed by atoms with Crippen LogP contribution in [0, 0.1) is 0 Å². The number of hydrogen-bond acceptors (Lipinski definition) is 3. The lowest BCUT2D eigenvalue weighted by atomic mass is 10.0. The van der Waals surface area contributed by atoms with Crippen molar-refractivity contribution in [2.45, 2.75) is 32.2 Å². The van der Waals surface area contributed by atoms with Gasteiger partial charge in [0, 0.05) is 22.8 Å². The summed E-state index contributed by atoms with van der Waals surface area (Å²) >= 11 is 2.00. The molecule has 0 aromatic carbocycles. The van der Waals surface area contributed by atoms with Crippen LogP contribution in [0.3, 0.4) is 0 Å². The monoisotopic (exact) mass is 224 g/mol. The number of fused-ring (bicyclic) bond motifs is 1. The molecule has 0 aliphatic carbocycles. The van der Waals surface area contributed by atoms with E-state index in [2.05, 4.69) is 24.9 Å². The highest BCUT2D eigenvalue weighted by molar-refractivity contribution is 7.12. The summed E-state index contributed by atoms with van der Waals surface area (Å²) in [5, 5.41) is 0. The molecule has 1 aromatic rings. The van der Waals surface area contributed by atoms with Gasteiger partial charge in [0.1, 0.15) is 0 Å². The van der Waals surface area contributed by atoms with Crippen LogP contribution in [0.15, 0.2) is 6.07 Å². The highest BCUT2D eigenvalue weighted by Crippen LogP contribution is 2.33. The molecule has 0 amide bonds. The first-order valence-electron chi connectivity index (χ1n) is 5.70. The number of thiophene rings is 1. The molecule has 1 aliphatic heterocycles. The van der Waals surface area contributed by atoms with E-state index in [4.69, 9.17) is 5.73 Å². The highest BCUT2D eigenvalue weighted by atomic mass is 32.1. The molecule has 0 saturated heterocycles. The Hall–Kier alpha value is -0.380. The topological polar surface area (TPSA) is 29.3 Å². The van der Waals surface area contributed by atoms with Crippen LogP contribution in [-0.4, -0.2) is 25.0 Å². The third kappa shape index (κ3) is 2.41. The van der Waals surface area contributed by atoms with E-state index in [1.807, 2.05) is 11.3 Å². The van der Waals surface area contributed by atoms with Gasteiger partial charge in [0.05, 0.1) is 0 Å². The summed E-state index contributed by atoms with van der Waals surface area (Å²) in [6.45, 7) is 5.41. The molecule has 2 N–H and O–H groups in total. The Morgan fingerprint density at radius 2 is 2.40 bits per heavy atom. The summed E-state index contributed by atoms with van der Waals surface area (Å²) in [5.41, 5.74) is 7.16. The third-order valence-electron chi connectivity index (χ3n) is 3.16. The molecule has 0 spiro atoms. The molecule has 1 aromatic heterocycles. The SMILES string of the molecule is CC(CCN)c1cc2c(s1)CCN(C)C2. The maximum atomic E-state index is 5.61. The number of rotatable bonds is 3. The summed E-state index contributed by atoms with van der Waals surface area (Å²) < 4.78 is 0. The molecular weight excluding hydrogens is 204 g/mol. The average Bonchev–Trinajstić information content (AvgIpc) is 2.60. The number of nitrogens with zero attached hydrogens (tertiary/aromatic N) is 1. The fourth-order valence-electron chi connectivity index (χ4n) is 2.13. The molecule has 15 heavy (non-hydrogen) atoms. The molecule has 84 valence electrons. The zero-order chi connectivity index (χ0) is 10.8. The normalized spacial score (nSPS) is 18.9. The van der Waals surface area contributed by atoms with Crippen molar-refractivity contribution in [2.24, 2.45) is 5.73 Å². The molecule has 0 saturated carbocycles. The van der Waals surface area contributed by atoms with Crippen LogP contribution in [-0.2, 0) is 13.0 Å². The maximum Gasteiger partial charge on any atom is 0.0241 e. The van der Waals surface area contributed by atoms with Gasteiger partial charge < -0.3 is 10.6 Å². The largest absolute Gasteiger partial charge is 0.330 e. The van der Waals surface area contributed by atoms with Crippen LogP contribution in [0.1, 0.15) is 34.6 Å². The van der Waals surface area contributed by atoms with Gasteiger partial charge in [-0.05, 0) is 44.0 Å². The molecule has 2 heterocycles. The molecule has 0 bridgehead atoms. The van der Waals surface area contributed by atoms with Crippen LogP contribution in [0.2, 0.25) is 0 Å². The van der Waals surface area contributed by atoms with Gasteiger partial charge in [-0.1, -0.05) is 6.92 Å². The van der Waals surface area contributed by atoms with E-state index in [0.29, 0.717) is 5.92 Å². The van der Waals surface area contributed by atoms with Crippen molar-refractivity contribution >= 4 is 11.3 Å². The van der Waals surface area contributed by atoms with Crippen molar-refractivity contribution in [3.8, 4) is 0 Å². The van der Waals surface area contributed by atoms with E-state index in [9.17, 15) is 0 Å². The minimum absolute atomic E-state index is 0.635. The second kappa shape index (κ2) is 4.64. The zero-order valence-electron chi connectivity index (χ0n) is 9.62. The number of nitrogens with two attached hydrogens (primary N) is 1. The average molecular weight is 224 g/mol. The first-order valence-corrected chi connectivity index (χ1v) is 6.52. The summed E-state index contributed by atoms with van der Waals surface area (Å²) in [6.07, 6.45) is 2.33. The minimum atomic E-state index is 0.635. The maximum absolute atomic E-state index is 5.61. The van der Waals surface area contributed by atoms with Gasteiger partial charge in [-0.2, -0.15) is 0 Å². The van der Waals surface area contributed by atoms with Crippen molar-refractivity contribution in [2.75, 3.05) is 20.1 Å². The molecule has 1 unspecified atom stereocenters. The van der Waals surface area contributed by atoms with Crippen molar-refractivity contribution in [3.63, 3.8) is 0 Å². The Kier molecular flexibility index (Phi) is 3.44. The minimum Gasteiger partial charge on any atom is -0.330 e. The second-order valence-corrected chi connectivity index (χ2v) is 5.73. The first kappa shape index (κ1) is 11.1. The quantitative estimate of drug-likeness (QED) is 0.853. The summed E-state index contributed by atoms with van der Waals surface area (Å²) in [6, 6.07) is 2.40. The number of likely N-dealkylation sites (N-methyl/N-ethyl adjacent to an activating group) is 1. The molecule has 3 heteroatoms. The Balaban J connectivity index is 2.15. The Morgan fingerprint density at radius 1 is 1.60 bits per heavy atom. The number of hydrogen-bond donors (Lipinski definition) is 1. The van der Waals surface area contributed by atoms with Gasteiger partial charge in [-0.15, -0.1) is 11.3 Å². The fourth-order valence-corrected chi connectivity index (χ4v) is 3.38. The van der Waals surface area contributed by atoms with Gasteiger partial charge in [-0.3, -0.25) is 0 Å². The molecule has 2 nitrogen and oxygen atoms in total. The van der Waals surface area contributed by atoms with Gasteiger partial charge >= 0.3 is 0 Å².